The third-order valence-corrected chi connectivity index (χ3v) is 5.56. The average molecular weight is 406 g/mol. The lowest BCUT2D eigenvalue weighted by atomic mass is 10.1. The van der Waals surface area contributed by atoms with Crippen LogP contribution in [0.25, 0.3) is 10.1 Å². The Bertz CT molecular complexity index is 567. The molecule has 0 spiro atoms. The molecule has 18 heavy (non-hydrogen) atoms. The van der Waals surface area contributed by atoms with E-state index in [-0.39, 0.29) is 5.56 Å². The Morgan fingerprint density at radius 2 is 1.89 bits per heavy atom. The average Bonchev–Trinajstić information content (AvgIpc) is 2.73. The lowest BCUT2D eigenvalue weighted by Crippen LogP contribution is -2.31. The van der Waals surface area contributed by atoms with Crippen molar-refractivity contribution in [2.24, 2.45) is 0 Å². The van der Waals surface area contributed by atoms with Gasteiger partial charge in [0, 0.05) is 9.17 Å². The summed E-state index contributed by atoms with van der Waals surface area (Å²) < 4.78 is 52.9. The Labute approximate surface area is 121 Å². The molecule has 0 N–H and O–H groups in total. The standard InChI is InChI=1S/C11H6Br2F4S/c12-7-3-1-2-5-6(4-18-8(5)7)9(13)11(16,17)10(14)15/h1-4,9-10H. The van der Waals surface area contributed by atoms with E-state index in [2.05, 4.69) is 31.9 Å². The second-order valence-corrected chi connectivity index (χ2v) is 6.30. The van der Waals surface area contributed by atoms with Crippen LogP contribution in [0.3, 0.4) is 0 Å². The van der Waals surface area contributed by atoms with Crippen molar-refractivity contribution in [2.45, 2.75) is 17.2 Å². The lowest BCUT2D eigenvalue weighted by molar-refractivity contribution is -0.127. The number of fused-ring (bicyclic) bond motifs is 1. The first-order chi connectivity index (χ1) is 8.35. The third kappa shape index (κ3) is 2.32. The van der Waals surface area contributed by atoms with E-state index in [1.165, 1.54) is 16.7 Å². The monoisotopic (exact) mass is 404 g/mol. The molecular weight excluding hydrogens is 400 g/mol. The summed E-state index contributed by atoms with van der Waals surface area (Å²) in [6.45, 7) is 0. The number of thiophene rings is 1. The fourth-order valence-corrected chi connectivity index (χ4v) is 3.96. The molecule has 2 aromatic rings. The van der Waals surface area contributed by atoms with Gasteiger partial charge in [-0.3, -0.25) is 0 Å². The molecule has 0 aliphatic rings. The van der Waals surface area contributed by atoms with Crippen LogP contribution in [0, 0.1) is 0 Å². The van der Waals surface area contributed by atoms with Gasteiger partial charge in [0.25, 0.3) is 0 Å². The van der Waals surface area contributed by atoms with E-state index < -0.39 is 17.2 Å². The summed E-state index contributed by atoms with van der Waals surface area (Å²) in [5.41, 5.74) is 0.182. The van der Waals surface area contributed by atoms with Crippen LogP contribution in [0.1, 0.15) is 10.4 Å². The molecular formula is C11H6Br2F4S. The predicted molar refractivity (Wildman–Crippen MR) is 72.1 cm³/mol. The number of halogens is 6. The van der Waals surface area contributed by atoms with E-state index in [0.29, 0.717) is 5.39 Å². The molecule has 0 bridgehead atoms. The van der Waals surface area contributed by atoms with Gasteiger partial charge in [-0.1, -0.05) is 28.1 Å². The van der Waals surface area contributed by atoms with Gasteiger partial charge in [-0.15, -0.1) is 11.3 Å². The molecule has 1 heterocycles. The van der Waals surface area contributed by atoms with Crippen molar-refractivity contribution < 1.29 is 17.6 Å². The lowest BCUT2D eigenvalue weighted by Gasteiger charge is -2.21. The molecule has 0 aliphatic carbocycles. The van der Waals surface area contributed by atoms with Crippen LogP contribution in [0.5, 0.6) is 0 Å². The number of benzene rings is 1. The maximum Gasteiger partial charge on any atom is 0.323 e. The molecule has 2 rings (SSSR count). The number of alkyl halides is 5. The summed E-state index contributed by atoms with van der Waals surface area (Å²) >= 11 is 7.23. The van der Waals surface area contributed by atoms with Crippen LogP contribution < -0.4 is 0 Å². The van der Waals surface area contributed by atoms with Crippen molar-refractivity contribution in [1.29, 1.82) is 0 Å². The van der Waals surface area contributed by atoms with Gasteiger partial charge in [-0.2, -0.15) is 8.78 Å². The second kappa shape index (κ2) is 5.09. The SMILES string of the molecule is FC(F)C(F)(F)C(Br)c1csc2c(Br)cccc12. The predicted octanol–water partition coefficient (Wildman–Crippen LogP) is 6.00. The summed E-state index contributed by atoms with van der Waals surface area (Å²) in [5, 5.41) is 2.03. The third-order valence-electron chi connectivity index (χ3n) is 2.48. The van der Waals surface area contributed by atoms with Crippen molar-refractivity contribution in [3.8, 4) is 0 Å². The normalized spacial score (nSPS) is 14.4. The molecule has 0 nitrogen and oxygen atoms in total. The fraction of sp³-hybridized carbons (Fsp3) is 0.273. The van der Waals surface area contributed by atoms with E-state index in [0.717, 1.165) is 9.17 Å². The maximum absolute atomic E-state index is 13.3. The minimum atomic E-state index is -4.10. The highest BCUT2D eigenvalue weighted by Gasteiger charge is 2.48. The molecule has 0 saturated carbocycles. The summed E-state index contributed by atoms with van der Waals surface area (Å²) in [5.74, 6) is -4.10. The molecule has 1 atom stereocenters. The van der Waals surface area contributed by atoms with Crippen LogP contribution >= 0.6 is 43.2 Å². The molecule has 7 heteroatoms. The maximum atomic E-state index is 13.3. The minimum absolute atomic E-state index is 0.182. The Kier molecular flexibility index (Phi) is 4.04. The minimum Gasteiger partial charge on any atom is -0.204 e. The van der Waals surface area contributed by atoms with E-state index in [4.69, 9.17) is 0 Å². The van der Waals surface area contributed by atoms with Crippen LogP contribution in [0.2, 0.25) is 0 Å². The van der Waals surface area contributed by atoms with E-state index in [9.17, 15) is 17.6 Å². The van der Waals surface area contributed by atoms with Gasteiger partial charge in [-0.25, -0.2) is 8.78 Å². The van der Waals surface area contributed by atoms with Gasteiger partial charge in [-0.05, 0) is 38.3 Å². The molecule has 0 fully saturated rings. The second-order valence-electron chi connectivity index (χ2n) is 3.65. The van der Waals surface area contributed by atoms with Crippen LogP contribution in [-0.4, -0.2) is 12.3 Å². The summed E-state index contributed by atoms with van der Waals surface area (Å²) in [6.07, 6.45) is -3.70. The van der Waals surface area contributed by atoms with Gasteiger partial charge < -0.3 is 0 Å². The Morgan fingerprint density at radius 1 is 1.22 bits per heavy atom. The molecule has 0 amide bonds. The summed E-state index contributed by atoms with van der Waals surface area (Å²) in [7, 11) is 0. The molecule has 1 unspecified atom stereocenters. The number of rotatable bonds is 3. The zero-order valence-electron chi connectivity index (χ0n) is 8.64. The Balaban J connectivity index is 2.52. The van der Waals surface area contributed by atoms with Crippen molar-refractivity contribution in [3.05, 3.63) is 33.6 Å². The van der Waals surface area contributed by atoms with Crippen molar-refractivity contribution in [2.75, 3.05) is 0 Å². The Morgan fingerprint density at radius 3 is 2.50 bits per heavy atom. The smallest absolute Gasteiger partial charge is 0.204 e. The molecule has 0 aliphatic heterocycles. The zero-order chi connectivity index (χ0) is 13.5. The van der Waals surface area contributed by atoms with Crippen molar-refractivity contribution in [3.63, 3.8) is 0 Å². The molecule has 98 valence electrons. The molecule has 1 aromatic heterocycles. The molecule has 0 radical (unpaired) electrons. The summed E-state index contributed by atoms with van der Waals surface area (Å²) in [4.78, 5) is -1.70. The molecule has 0 saturated heterocycles. The van der Waals surface area contributed by atoms with Gasteiger partial charge in [0.15, 0.2) is 0 Å². The largest absolute Gasteiger partial charge is 0.323 e. The van der Waals surface area contributed by atoms with E-state index in [1.54, 1.807) is 18.2 Å². The first-order valence-electron chi connectivity index (χ1n) is 4.81. The van der Waals surface area contributed by atoms with Gasteiger partial charge >= 0.3 is 12.3 Å². The first-order valence-corrected chi connectivity index (χ1v) is 7.40. The summed E-state index contributed by atoms with van der Waals surface area (Å²) in [6, 6.07) is 5.10. The van der Waals surface area contributed by atoms with Crippen LogP contribution in [-0.2, 0) is 0 Å². The van der Waals surface area contributed by atoms with Crippen LogP contribution in [0.4, 0.5) is 17.6 Å². The number of hydrogen-bond donors (Lipinski definition) is 0. The van der Waals surface area contributed by atoms with E-state index in [1.807, 2.05) is 0 Å². The van der Waals surface area contributed by atoms with E-state index >= 15 is 0 Å². The van der Waals surface area contributed by atoms with Gasteiger partial charge in [0.2, 0.25) is 0 Å². The van der Waals surface area contributed by atoms with Crippen molar-refractivity contribution in [1.82, 2.24) is 0 Å². The highest BCUT2D eigenvalue weighted by Crippen LogP contribution is 2.47. The van der Waals surface area contributed by atoms with Gasteiger partial charge in [0.05, 0.1) is 0 Å². The number of hydrogen-bond acceptors (Lipinski definition) is 1. The topological polar surface area (TPSA) is 0 Å². The highest BCUT2D eigenvalue weighted by atomic mass is 79.9. The van der Waals surface area contributed by atoms with Crippen LogP contribution in [0.15, 0.2) is 28.1 Å². The quantitative estimate of drug-likeness (QED) is 0.434. The first kappa shape index (κ1) is 14.3. The van der Waals surface area contributed by atoms with Crippen molar-refractivity contribution >= 4 is 53.3 Å². The zero-order valence-corrected chi connectivity index (χ0v) is 12.6. The Hall–Kier alpha value is -0.140. The fourth-order valence-electron chi connectivity index (χ4n) is 1.56. The molecule has 1 aromatic carbocycles. The highest BCUT2D eigenvalue weighted by molar-refractivity contribution is 9.10. The van der Waals surface area contributed by atoms with Gasteiger partial charge in [0.1, 0.15) is 4.83 Å².